The van der Waals surface area contributed by atoms with E-state index in [1.165, 1.54) is 22.3 Å². The molecule has 1 aliphatic heterocycles. The van der Waals surface area contributed by atoms with Crippen LogP contribution < -0.4 is 0 Å². The summed E-state index contributed by atoms with van der Waals surface area (Å²) in [4.78, 5) is 11.9. The zero-order valence-electron chi connectivity index (χ0n) is 18.4. The lowest BCUT2D eigenvalue weighted by atomic mass is 9.94. The molecule has 0 atom stereocenters. The van der Waals surface area contributed by atoms with Crippen molar-refractivity contribution >= 4 is 0 Å². The number of aryl methyl sites for hydroxylation is 3. The average Bonchev–Trinajstić information content (AvgIpc) is 3.14. The Kier molecular flexibility index (Phi) is 5.16. The standard InChI is InChI=1S/C27H27N3O/c1-18-9-12-25(19(2)28-18)23-10-11-24-16-30(14-13-22(24)15-23)17-26-20(3)31-27(29-26)21-7-5-4-6-8-21/h4-12,15H,13-14,16-17H2,1-3H3. The lowest BCUT2D eigenvalue weighted by Gasteiger charge is -2.28. The fourth-order valence-electron chi connectivity index (χ4n) is 4.40. The third-order valence-electron chi connectivity index (χ3n) is 6.12. The molecule has 0 radical (unpaired) electrons. The molecule has 31 heavy (non-hydrogen) atoms. The van der Waals surface area contributed by atoms with Gasteiger partial charge in [0.2, 0.25) is 5.89 Å². The molecule has 3 heterocycles. The van der Waals surface area contributed by atoms with Crippen LogP contribution in [0.3, 0.4) is 0 Å². The number of oxazole rings is 1. The van der Waals surface area contributed by atoms with Gasteiger partial charge in [-0.05, 0) is 62.1 Å². The monoisotopic (exact) mass is 409 g/mol. The van der Waals surface area contributed by atoms with Crippen LogP contribution in [-0.4, -0.2) is 21.4 Å². The number of fused-ring (bicyclic) bond motifs is 1. The van der Waals surface area contributed by atoms with Crippen LogP contribution in [-0.2, 0) is 19.5 Å². The minimum atomic E-state index is 0.706. The predicted molar refractivity (Wildman–Crippen MR) is 124 cm³/mol. The lowest BCUT2D eigenvalue weighted by molar-refractivity contribution is 0.242. The third kappa shape index (κ3) is 4.04. The van der Waals surface area contributed by atoms with E-state index in [2.05, 4.69) is 47.1 Å². The van der Waals surface area contributed by atoms with Crippen molar-refractivity contribution < 1.29 is 4.42 Å². The van der Waals surface area contributed by atoms with Crippen molar-refractivity contribution in [3.63, 3.8) is 0 Å². The fourth-order valence-corrected chi connectivity index (χ4v) is 4.40. The molecule has 4 heteroatoms. The second-order valence-electron chi connectivity index (χ2n) is 8.42. The average molecular weight is 410 g/mol. The number of hydrogen-bond donors (Lipinski definition) is 0. The summed E-state index contributed by atoms with van der Waals surface area (Å²) in [6, 6.07) is 21.2. The van der Waals surface area contributed by atoms with E-state index in [9.17, 15) is 0 Å². The first-order chi connectivity index (χ1) is 15.1. The van der Waals surface area contributed by atoms with E-state index < -0.39 is 0 Å². The van der Waals surface area contributed by atoms with Gasteiger partial charge in [-0.2, -0.15) is 0 Å². The smallest absolute Gasteiger partial charge is 0.226 e. The van der Waals surface area contributed by atoms with E-state index in [4.69, 9.17) is 9.40 Å². The van der Waals surface area contributed by atoms with Gasteiger partial charge in [0.15, 0.2) is 0 Å². The van der Waals surface area contributed by atoms with Gasteiger partial charge in [-0.3, -0.25) is 9.88 Å². The molecule has 0 fully saturated rings. The van der Waals surface area contributed by atoms with E-state index in [1.54, 1.807) is 0 Å². The van der Waals surface area contributed by atoms with Crippen molar-refractivity contribution in [2.75, 3.05) is 6.54 Å². The molecule has 0 saturated heterocycles. The van der Waals surface area contributed by atoms with Crippen molar-refractivity contribution in [3.8, 4) is 22.6 Å². The number of rotatable bonds is 4. The quantitative estimate of drug-likeness (QED) is 0.422. The number of pyridine rings is 1. The van der Waals surface area contributed by atoms with Gasteiger partial charge in [0.1, 0.15) is 5.76 Å². The van der Waals surface area contributed by atoms with Crippen LogP contribution >= 0.6 is 0 Å². The number of aromatic nitrogens is 2. The first-order valence-electron chi connectivity index (χ1n) is 10.9. The van der Waals surface area contributed by atoms with Gasteiger partial charge in [0, 0.05) is 42.1 Å². The van der Waals surface area contributed by atoms with Gasteiger partial charge < -0.3 is 4.42 Å². The van der Waals surface area contributed by atoms with Crippen LogP contribution in [0.25, 0.3) is 22.6 Å². The number of benzene rings is 2. The highest BCUT2D eigenvalue weighted by Crippen LogP contribution is 2.29. The highest BCUT2D eigenvalue weighted by molar-refractivity contribution is 5.67. The van der Waals surface area contributed by atoms with Gasteiger partial charge in [-0.25, -0.2) is 4.98 Å². The first-order valence-corrected chi connectivity index (χ1v) is 10.9. The minimum absolute atomic E-state index is 0.706. The maximum absolute atomic E-state index is 5.95. The number of nitrogens with zero attached hydrogens (tertiary/aromatic N) is 3. The van der Waals surface area contributed by atoms with Gasteiger partial charge in [0.05, 0.1) is 5.69 Å². The Labute approximate surface area is 183 Å². The molecule has 0 spiro atoms. The molecule has 5 rings (SSSR count). The molecule has 2 aromatic heterocycles. The van der Waals surface area contributed by atoms with Crippen molar-refractivity contribution in [2.24, 2.45) is 0 Å². The second-order valence-corrected chi connectivity index (χ2v) is 8.42. The van der Waals surface area contributed by atoms with Crippen LogP contribution in [0.5, 0.6) is 0 Å². The normalized spacial score (nSPS) is 13.9. The van der Waals surface area contributed by atoms with Crippen LogP contribution in [0.15, 0.2) is 65.1 Å². The van der Waals surface area contributed by atoms with Crippen LogP contribution in [0.1, 0.15) is 34.0 Å². The summed E-state index contributed by atoms with van der Waals surface area (Å²) in [6.07, 6.45) is 1.05. The fraction of sp³-hybridized carbons (Fsp3) is 0.259. The van der Waals surface area contributed by atoms with Crippen molar-refractivity contribution in [3.05, 3.63) is 94.6 Å². The first kappa shape index (κ1) is 19.7. The van der Waals surface area contributed by atoms with E-state index in [0.717, 1.165) is 54.5 Å². The zero-order chi connectivity index (χ0) is 21.4. The second kappa shape index (κ2) is 8.12. The Hall–Kier alpha value is -3.24. The molecule has 0 amide bonds. The summed E-state index contributed by atoms with van der Waals surface area (Å²) in [5.41, 5.74) is 9.53. The van der Waals surface area contributed by atoms with Crippen LogP contribution in [0, 0.1) is 20.8 Å². The van der Waals surface area contributed by atoms with Crippen molar-refractivity contribution in [2.45, 2.75) is 40.3 Å². The zero-order valence-corrected chi connectivity index (χ0v) is 18.4. The van der Waals surface area contributed by atoms with Crippen LogP contribution in [0.4, 0.5) is 0 Å². The molecule has 1 aliphatic rings. The van der Waals surface area contributed by atoms with E-state index >= 15 is 0 Å². The molecule has 2 aromatic carbocycles. The van der Waals surface area contributed by atoms with Gasteiger partial charge >= 0.3 is 0 Å². The predicted octanol–water partition coefficient (Wildman–Crippen LogP) is 5.89. The van der Waals surface area contributed by atoms with Gasteiger partial charge in [-0.15, -0.1) is 0 Å². The Bertz CT molecular complexity index is 1230. The third-order valence-corrected chi connectivity index (χ3v) is 6.12. The largest absolute Gasteiger partial charge is 0.441 e. The van der Waals surface area contributed by atoms with Crippen molar-refractivity contribution in [1.29, 1.82) is 0 Å². The minimum Gasteiger partial charge on any atom is -0.441 e. The summed E-state index contributed by atoms with van der Waals surface area (Å²) in [7, 11) is 0. The number of hydrogen-bond acceptors (Lipinski definition) is 4. The summed E-state index contributed by atoms with van der Waals surface area (Å²) in [6.45, 7) is 8.91. The molecule has 0 saturated carbocycles. The molecule has 4 nitrogen and oxygen atoms in total. The van der Waals surface area contributed by atoms with E-state index in [1.807, 2.05) is 44.2 Å². The summed E-state index contributed by atoms with van der Waals surface area (Å²) in [5, 5.41) is 0. The Morgan fingerprint density at radius 1 is 0.871 bits per heavy atom. The Balaban J connectivity index is 1.33. The molecule has 156 valence electrons. The van der Waals surface area contributed by atoms with Crippen molar-refractivity contribution in [1.82, 2.24) is 14.9 Å². The maximum Gasteiger partial charge on any atom is 0.226 e. The molecule has 0 bridgehead atoms. The Morgan fingerprint density at radius 3 is 2.52 bits per heavy atom. The Morgan fingerprint density at radius 2 is 1.71 bits per heavy atom. The van der Waals surface area contributed by atoms with Gasteiger partial charge in [-0.1, -0.05) is 42.5 Å². The molecule has 0 N–H and O–H groups in total. The SMILES string of the molecule is Cc1ccc(-c2ccc3c(c2)CCN(Cc2nc(-c4ccccc4)oc2C)C3)c(C)n1. The molecule has 4 aromatic rings. The molecular weight excluding hydrogens is 382 g/mol. The maximum atomic E-state index is 5.95. The highest BCUT2D eigenvalue weighted by atomic mass is 16.4. The summed E-state index contributed by atoms with van der Waals surface area (Å²) in [5.74, 6) is 1.61. The molecule has 0 aliphatic carbocycles. The van der Waals surface area contributed by atoms with Gasteiger partial charge in [0.25, 0.3) is 0 Å². The van der Waals surface area contributed by atoms with E-state index in [-0.39, 0.29) is 0 Å². The molecule has 0 unspecified atom stereocenters. The van der Waals surface area contributed by atoms with E-state index in [0.29, 0.717) is 5.89 Å². The summed E-state index contributed by atoms with van der Waals surface area (Å²) < 4.78 is 5.95. The molecular formula is C27H27N3O. The van der Waals surface area contributed by atoms with Crippen LogP contribution in [0.2, 0.25) is 0 Å². The highest BCUT2D eigenvalue weighted by Gasteiger charge is 2.20. The lowest BCUT2D eigenvalue weighted by Crippen LogP contribution is -2.30. The topological polar surface area (TPSA) is 42.2 Å². The summed E-state index contributed by atoms with van der Waals surface area (Å²) >= 11 is 0.